The second-order valence-corrected chi connectivity index (χ2v) is 5.90. The van der Waals surface area contributed by atoms with Crippen molar-refractivity contribution in [3.63, 3.8) is 0 Å². The molecule has 112 valence electrons. The molecule has 0 aliphatic carbocycles. The molecule has 0 aliphatic heterocycles. The molecule has 21 heavy (non-hydrogen) atoms. The average molecular weight is 370 g/mol. The third-order valence-corrected chi connectivity index (χ3v) is 4.43. The number of hydrogen-bond acceptors (Lipinski definition) is 3. The minimum Gasteiger partial charge on any atom is -0.492 e. The van der Waals surface area contributed by atoms with Crippen LogP contribution in [0.25, 0.3) is 0 Å². The quantitative estimate of drug-likeness (QED) is 0.808. The van der Waals surface area contributed by atoms with Crippen LogP contribution in [0.2, 0.25) is 5.02 Å². The summed E-state index contributed by atoms with van der Waals surface area (Å²) in [7, 11) is 1.90. The van der Waals surface area contributed by atoms with Crippen molar-refractivity contribution < 1.29 is 4.74 Å². The normalized spacial score (nSPS) is 12.2. The van der Waals surface area contributed by atoms with Gasteiger partial charge in [0.15, 0.2) is 0 Å². The highest BCUT2D eigenvalue weighted by Gasteiger charge is 2.17. The molecule has 5 heteroatoms. The predicted molar refractivity (Wildman–Crippen MR) is 90.1 cm³/mol. The first kappa shape index (κ1) is 16.3. The van der Waals surface area contributed by atoms with E-state index in [0.717, 1.165) is 27.8 Å². The second-order valence-electron chi connectivity index (χ2n) is 4.67. The number of rotatable bonds is 6. The zero-order chi connectivity index (χ0) is 15.2. The fourth-order valence-electron chi connectivity index (χ4n) is 2.14. The van der Waals surface area contributed by atoms with E-state index in [0.29, 0.717) is 11.6 Å². The molecule has 1 atom stereocenters. The highest BCUT2D eigenvalue weighted by molar-refractivity contribution is 9.10. The molecule has 2 aromatic rings. The lowest BCUT2D eigenvalue weighted by Crippen LogP contribution is -2.18. The summed E-state index contributed by atoms with van der Waals surface area (Å²) in [6.07, 6.45) is 4.53. The van der Waals surface area contributed by atoms with E-state index in [2.05, 4.69) is 33.2 Å². The van der Waals surface area contributed by atoms with E-state index in [1.165, 1.54) is 0 Å². The maximum Gasteiger partial charge on any atom is 0.137 e. The number of aromatic nitrogens is 1. The SMILES string of the molecule is CCCOc1cncc(C(NC)c2cccc(Br)c2Cl)c1. The van der Waals surface area contributed by atoms with Crippen molar-refractivity contribution in [3.8, 4) is 5.75 Å². The minimum absolute atomic E-state index is 0.0346. The largest absolute Gasteiger partial charge is 0.492 e. The molecule has 0 fully saturated rings. The highest BCUT2D eigenvalue weighted by atomic mass is 79.9. The van der Waals surface area contributed by atoms with Gasteiger partial charge in [-0.1, -0.05) is 30.7 Å². The third kappa shape index (κ3) is 3.96. The first-order valence-electron chi connectivity index (χ1n) is 6.86. The Kier molecular flexibility index (Phi) is 6.03. The van der Waals surface area contributed by atoms with E-state index in [1.54, 1.807) is 6.20 Å². The van der Waals surface area contributed by atoms with Gasteiger partial charge < -0.3 is 10.1 Å². The van der Waals surface area contributed by atoms with Crippen molar-refractivity contribution in [2.75, 3.05) is 13.7 Å². The summed E-state index contributed by atoms with van der Waals surface area (Å²) >= 11 is 9.87. The van der Waals surface area contributed by atoms with Crippen LogP contribution >= 0.6 is 27.5 Å². The van der Waals surface area contributed by atoms with Gasteiger partial charge in [-0.15, -0.1) is 0 Å². The molecule has 0 aliphatic rings. The third-order valence-electron chi connectivity index (χ3n) is 3.12. The molecule has 0 spiro atoms. The van der Waals surface area contributed by atoms with Gasteiger partial charge in [0.25, 0.3) is 0 Å². The lowest BCUT2D eigenvalue weighted by Gasteiger charge is -2.19. The van der Waals surface area contributed by atoms with Gasteiger partial charge in [-0.2, -0.15) is 0 Å². The van der Waals surface area contributed by atoms with Crippen molar-refractivity contribution in [1.29, 1.82) is 0 Å². The average Bonchev–Trinajstić information content (AvgIpc) is 2.50. The summed E-state index contributed by atoms with van der Waals surface area (Å²) in [5.41, 5.74) is 2.02. The molecule has 0 bridgehead atoms. The zero-order valence-corrected chi connectivity index (χ0v) is 14.4. The Morgan fingerprint density at radius 2 is 2.19 bits per heavy atom. The maximum atomic E-state index is 6.40. The predicted octanol–water partition coefficient (Wildman–Crippen LogP) is 4.60. The summed E-state index contributed by atoms with van der Waals surface area (Å²) in [5.74, 6) is 0.778. The first-order chi connectivity index (χ1) is 10.2. The molecule has 0 radical (unpaired) electrons. The van der Waals surface area contributed by atoms with Gasteiger partial charge in [0, 0.05) is 10.7 Å². The van der Waals surface area contributed by atoms with Gasteiger partial charge in [0.05, 0.1) is 23.9 Å². The molecule has 2 rings (SSSR count). The van der Waals surface area contributed by atoms with Crippen LogP contribution in [0.1, 0.15) is 30.5 Å². The highest BCUT2D eigenvalue weighted by Crippen LogP contribution is 2.33. The monoisotopic (exact) mass is 368 g/mol. The minimum atomic E-state index is -0.0346. The Balaban J connectivity index is 2.35. The van der Waals surface area contributed by atoms with Crippen LogP contribution in [-0.2, 0) is 0 Å². The summed E-state index contributed by atoms with van der Waals surface area (Å²) in [5, 5.41) is 3.99. The molecule has 0 amide bonds. The molecule has 0 saturated heterocycles. The first-order valence-corrected chi connectivity index (χ1v) is 8.03. The Hall–Kier alpha value is -1.10. The number of benzene rings is 1. The molecule has 0 saturated carbocycles. The van der Waals surface area contributed by atoms with Crippen LogP contribution in [0.15, 0.2) is 41.1 Å². The van der Waals surface area contributed by atoms with Crippen molar-refractivity contribution in [3.05, 3.63) is 57.3 Å². The van der Waals surface area contributed by atoms with Crippen LogP contribution in [0.4, 0.5) is 0 Å². The van der Waals surface area contributed by atoms with Gasteiger partial charge in [0.1, 0.15) is 5.75 Å². The summed E-state index contributed by atoms with van der Waals surface area (Å²) in [6, 6.07) is 7.88. The lowest BCUT2D eigenvalue weighted by molar-refractivity contribution is 0.315. The van der Waals surface area contributed by atoms with Crippen molar-refractivity contribution >= 4 is 27.5 Å². The molecule has 1 aromatic heterocycles. The van der Waals surface area contributed by atoms with E-state index in [1.807, 2.05) is 37.5 Å². The van der Waals surface area contributed by atoms with Crippen LogP contribution in [0.5, 0.6) is 5.75 Å². The molecule has 1 aromatic carbocycles. The van der Waals surface area contributed by atoms with Crippen LogP contribution in [0.3, 0.4) is 0 Å². The van der Waals surface area contributed by atoms with Crippen LogP contribution in [-0.4, -0.2) is 18.6 Å². The molecule has 1 N–H and O–H groups in total. The Morgan fingerprint density at radius 1 is 1.38 bits per heavy atom. The molecular weight excluding hydrogens is 352 g/mol. The van der Waals surface area contributed by atoms with Crippen molar-refractivity contribution in [2.24, 2.45) is 0 Å². The second kappa shape index (κ2) is 7.78. The Labute approximate surface area is 138 Å². The van der Waals surface area contributed by atoms with Gasteiger partial charge >= 0.3 is 0 Å². The lowest BCUT2D eigenvalue weighted by atomic mass is 10.0. The van der Waals surface area contributed by atoms with E-state index < -0.39 is 0 Å². The number of nitrogens with zero attached hydrogens (tertiary/aromatic N) is 1. The number of hydrogen-bond donors (Lipinski definition) is 1. The summed E-state index contributed by atoms with van der Waals surface area (Å²) < 4.78 is 6.53. The fraction of sp³-hybridized carbons (Fsp3) is 0.312. The zero-order valence-electron chi connectivity index (χ0n) is 12.1. The summed E-state index contributed by atoms with van der Waals surface area (Å²) in [6.45, 7) is 2.77. The standard InChI is InChI=1S/C16H18BrClN2O/c1-3-7-21-12-8-11(9-20-10-12)16(19-2)13-5-4-6-14(17)15(13)18/h4-6,8-10,16,19H,3,7H2,1-2H3. The van der Waals surface area contributed by atoms with E-state index in [9.17, 15) is 0 Å². The van der Waals surface area contributed by atoms with E-state index >= 15 is 0 Å². The number of ether oxygens (including phenoxy) is 1. The van der Waals surface area contributed by atoms with Gasteiger partial charge in [-0.05, 0) is 52.7 Å². The Bertz CT molecular complexity index is 607. The van der Waals surface area contributed by atoms with E-state index in [4.69, 9.17) is 16.3 Å². The van der Waals surface area contributed by atoms with Crippen LogP contribution < -0.4 is 10.1 Å². The molecule has 1 heterocycles. The van der Waals surface area contributed by atoms with Gasteiger partial charge in [0.2, 0.25) is 0 Å². The molecule has 3 nitrogen and oxygen atoms in total. The maximum absolute atomic E-state index is 6.40. The smallest absolute Gasteiger partial charge is 0.137 e. The Morgan fingerprint density at radius 3 is 2.90 bits per heavy atom. The number of pyridine rings is 1. The summed E-state index contributed by atoms with van der Waals surface area (Å²) in [4.78, 5) is 4.26. The number of halogens is 2. The fourth-order valence-corrected chi connectivity index (χ4v) is 2.75. The van der Waals surface area contributed by atoms with Gasteiger partial charge in [-0.3, -0.25) is 4.98 Å². The van der Waals surface area contributed by atoms with Crippen LogP contribution in [0, 0.1) is 0 Å². The molecule has 1 unspecified atom stereocenters. The van der Waals surface area contributed by atoms with Gasteiger partial charge in [-0.25, -0.2) is 0 Å². The van der Waals surface area contributed by atoms with Crippen molar-refractivity contribution in [1.82, 2.24) is 10.3 Å². The van der Waals surface area contributed by atoms with E-state index in [-0.39, 0.29) is 6.04 Å². The van der Waals surface area contributed by atoms with Crippen molar-refractivity contribution in [2.45, 2.75) is 19.4 Å². The topological polar surface area (TPSA) is 34.1 Å². The molecular formula is C16H18BrClN2O. The number of nitrogens with one attached hydrogen (secondary N) is 1.